The lowest BCUT2D eigenvalue weighted by Crippen LogP contribution is -2.49. The molecule has 3 nitrogen and oxygen atoms in total. The topological polar surface area (TPSA) is 26.3 Å². The molecular formula is C21H40NO2+. The molecule has 0 radical (unpaired) electrons. The van der Waals surface area contributed by atoms with Crippen LogP contribution in [0.2, 0.25) is 0 Å². The molecule has 1 heterocycles. The Kier molecular flexibility index (Phi) is 9.15. The van der Waals surface area contributed by atoms with Gasteiger partial charge in [0.25, 0.3) is 0 Å². The Balaban J connectivity index is 1.77. The molecule has 24 heavy (non-hydrogen) atoms. The van der Waals surface area contributed by atoms with E-state index in [4.69, 9.17) is 4.74 Å². The second-order valence-corrected chi connectivity index (χ2v) is 8.51. The van der Waals surface area contributed by atoms with E-state index in [2.05, 4.69) is 7.05 Å². The SMILES string of the molecule is C[N+]1(CC(=O)OC2CCCCCCCCCCC2)CCCCCC1. The Morgan fingerprint density at radius 1 is 0.750 bits per heavy atom. The summed E-state index contributed by atoms with van der Waals surface area (Å²) in [4.78, 5) is 12.5. The fourth-order valence-electron chi connectivity index (χ4n) is 4.39. The number of hydrogen-bond donors (Lipinski definition) is 0. The summed E-state index contributed by atoms with van der Waals surface area (Å²) in [5.74, 6) is 0.0523. The highest BCUT2D eigenvalue weighted by molar-refractivity contribution is 5.70. The first-order chi connectivity index (χ1) is 11.7. The summed E-state index contributed by atoms with van der Waals surface area (Å²) in [6.07, 6.45) is 19.5. The largest absolute Gasteiger partial charge is 0.458 e. The number of ether oxygens (including phenoxy) is 1. The lowest BCUT2D eigenvalue weighted by molar-refractivity contribution is -0.901. The van der Waals surface area contributed by atoms with Crippen LogP contribution in [0.15, 0.2) is 0 Å². The maximum atomic E-state index is 12.5. The summed E-state index contributed by atoms with van der Waals surface area (Å²) in [5.41, 5.74) is 0. The Bertz CT molecular complexity index is 336. The van der Waals surface area contributed by atoms with Crippen molar-refractivity contribution in [2.75, 3.05) is 26.7 Å². The van der Waals surface area contributed by atoms with E-state index in [9.17, 15) is 4.79 Å². The van der Waals surface area contributed by atoms with Crippen molar-refractivity contribution < 1.29 is 14.0 Å². The predicted molar refractivity (Wildman–Crippen MR) is 99.9 cm³/mol. The van der Waals surface area contributed by atoms with Gasteiger partial charge in [0, 0.05) is 0 Å². The molecule has 0 unspecified atom stereocenters. The zero-order valence-corrected chi connectivity index (χ0v) is 16.1. The first-order valence-electron chi connectivity index (χ1n) is 10.7. The number of likely N-dealkylation sites (tertiary alicyclic amines) is 1. The van der Waals surface area contributed by atoms with Crippen LogP contribution in [0, 0.1) is 0 Å². The van der Waals surface area contributed by atoms with Gasteiger partial charge in [0.2, 0.25) is 0 Å². The summed E-state index contributed by atoms with van der Waals surface area (Å²) in [5, 5.41) is 0. The van der Waals surface area contributed by atoms with Gasteiger partial charge in [0.05, 0.1) is 20.1 Å². The summed E-state index contributed by atoms with van der Waals surface area (Å²) in [6, 6.07) is 0. The monoisotopic (exact) mass is 338 g/mol. The van der Waals surface area contributed by atoms with Crippen molar-refractivity contribution in [3.8, 4) is 0 Å². The second kappa shape index (κ2) is 11.1. The summed E-state index contributed by atoms with van der Waals surface area (Å²) >= 11 is 0. The standard InChI is InChI=1S/C21H40NO2/c1-22(17-13-9-10-14-18-22)19-21(23)24-20-15-11-7-5-3-2-4-6-8-12-16-20/h20H,2-19H2,1H3/q+1. The summed E-state index contributed by atoms with van der Waals surface area (Å²) < 4.78 is 6.84. The summed E-state index contributed by atoms with van der Waals surface area (Å²) in [6.45, 7) is 2.86. The van der Waals surface area contributed by atoms with Gasteiger partial charge >= 0.3 is 5.97 Å². The van der Waals surface area contributed by atoms with Crippen LogP contribution >= 0.6 is 0 Å². The lowest BCUT2D eigenvalue weighted by Gasteiger charge is -2.32. The van der Waals surface area contributed by atoms with Crippen molar-refractivity contribution in [1.29, 1.82) is 0 Å². The number of rotatable bonds is 3. The maximum Gasteiger partial charge on any atom is 0.362 e. The van der Waals surface area contributed by atoms with Crippen molar-refractivity contribution in [3.05, 3.63) is 0 Å². The van der Waals surface area contributed by atoms with Gasteiger partial charge in [-0.05, 0) is 51.4 Å². The molecular weight excluding hydrogens is 298 g/mol. The molecule has 2 rings (SSSR count). The van der Waals surface area contributed by atoms with Crippen LogP contribution in [0.3, 0.4) is 0 Å². The van der Waals surface area contributed by atoms with E-state index in [1.54, 1.807) is 0 Å². The van der Waals surface area contributed by atoms with Crippen LogP contribution in [-0.4, -0.2) is 43.2 Å². The number of nitrogens with zero attached hydrogens (tertiary/aromatic N) is 1. The Morgan fingerprint density at radius 3 is 1.67 bits per heavy atom. The zero-order valence-electron chi connectivity index (χ0n) is 16.1. The number of carbonyl (C=O) groups excluding carboxylic acids is 1. The van der Waals surface area contributed by atoms with Crippen molar-refractivity contribution in [3.63, 3.8) is 0 Å². The van der Waals surface area contributed by atoms with Crippen LogP contribution in [0.4, 0.5) is 0 Å². The van der Waals surface area contributed by atoms with E-state index >= 15 is 0 Å². The minimum absolute atomic E-state index is 0.0523. The van der Waals surface area contributed by atoms with Gasteiger partial charge in [-0.15, -0.1) is 0 Å². The highest BCUT2D eigenvalue weighted by Gasteiger charge is 2.28. The van der Waals surface area contributed by atoms with Crippen molar-refractivity contribution in [1.82, 2.24) is 0 Å². The third-order valence-corrected chi connectivity index (χ3v) is 6.01. The maximum absolute atomic E-state index is 12.5. The number of hydrogen-bond acceptors (Lipinski definition) is 2. The van der Waals surface area contributed by atoms with Crippen LogP contribution in [0.5, 0.6) is 0 Å². The second-order valence-electron chi connectivity index (χ2n) is 8.51. The van der Waals surface area contributed by atoms with Gasteiger partial charge in [-0.3, -0.25) is 0 Å². The third-order valence-electron chi connectivity index (χ3n) is 6.01. The molecule has 140 valence electrons. The molecule has 0 atom stereocenters. The van der Waals surface area contributed by atoms with E-state index in [-0.39, 0.29) is 12.1 Å². The van der Waals surface area contributed by atoms with Crippen molar-refractivity contribution in [2.45, 2.75) is 102 Å². The predicted octanol–water partition coefficient (Wildman–Crippen LogP) is 5.22. The molecule has 0 aromatic rings. The normalized spacial score (nSPS) is 25.0. The fourth-order valence-corrected chi connectivity index (χ4v) is 4.39. The number of carbonyl (C=O) groups is 1. The molecule has 2 aliphatic rings. The molecule has 1 saturated heterocycles. The molecule has 0 aromatic heterocycles. The molecule has 2 fully saturated rings. The average Bonchev–Trinajstić information content (AvgIpc) is 2.74. The van der Waals surface area contributed by atoms with Crippen LogP contribution in [-0.2, 0) is 9.53 Å². The van der Waals surface area contributed by atoms with E-state index in [0.29, 0.717) is 6.54 Å². The molecule has 0 spiro atoms. The average molecular weight is 339 g/mol. The van der Waals surface area contributed by atoms with E-state index in [0.717, 1.165) is 30.4 Å². The van der Waals surface area contributed by atoms with Crippen LogP contribution < -0.4 is 0 Å². The summed E-state index contributed by atoms with van der Waals surface area (Å²) in [7, 11) is 2.24. The number of likely N-dealkylation sites (N-methyl/N-ethyl adjacent to an activating group) is 1. The van der Waals surface area contributed by atoms with Crippen molar-refractivity contribution >= 4 is 5.97 Å². The molecule has 1 saturated carbocycles. The third kappa shape index (κ3) is 8.00. The van der Waals surface area contributed by atoms with Crippen LogP contribution in [0.1, 0.15) is 96.3 Å². The van der Waals surface area contributed by atoms with Gasteiger partial charge in [0.1, 0.15) is 6.10 Å². The highest BCUT2D eigenvalue weighted by Crippen LogP contribution is 2.20. The van der Waals surface area contributed by atoms with E-state index in [1.807, 2.05) is 0 Å². The fraction of sp³-hybridized carbons (Fsp3) is 0.952. The van der Waals surface area contributed by atoms with Crippen LogP contribution in [0.25, 0.3) is 0 Å². The van der Waals surface area contributed by atoms with Crippen molar-refractivity contribution in [2.24, 2.45) is 0 Å². The molecule has 3 heteroatoms. The highest BCUT2D eigenvalue weighted by atomic mass is 16.5. The van der Waals surface area contributed by atoms with E-state index < -0.39 is 0 Å². The first kappa shape index (κ1) is 19.8. The molecule has 0 bridgehead atoms. The Labute approximate surface area is 149 Å². The molecule has 0 aromatic carbocycles. The molecule has 0 amide bonds. The Morgan fingerprint density at radius 2 is 1.17 bits per heavy atom. The van der Waals surface area contributed by atoms with Gasteiger partial charge < -0.3 is 9.22 Å². The van der Waals surface area contributed by atoms with Gasteiger partial charge in [0.15, 0.2) is 6.54 Å². The first-order valence-corrected chi connectivity index (χ1v) is 10.7. The lowest BCUT2D eigenvalue weighted by atomic mass is 9.99. The zero-order chi connectivity index (χ0) is 17.1. The molecule has 0 N–H and O–H groups in total. The van der Waals surface area contributed by atoms with E-state index in [1.165, 1.54) is 83.5 Å². The molecule has 1 aliphatic heterocycles. The number of esters is 1. The van der Waals surface area contributed by atoms with Gasteiger partial charge in [-0.2, -0.15) is 0 Å². The quantitative estimate of drug-likeness (QED) is 0.520. The van der Waals surface area contributed by atoms with Gasteiger partial charge in [-0.25, -0.2) is 4.79 Å². The smallest absolute Gasteiger partial charge is 0.362 e. The Hall–Kier alpha value is -0.570. The number of quaternary nitrogens is 1. The molecule has 1 aliphatic carbocycles. The van der Waals surface area contributed by atoms with Gasteiger partial charge in [-0.1, -0.05) is 44.9 Å². The minimum atomic E-state index is 0.0523. The minimum Gasteiger partial charge on any atom is -0.458 e.